The molecule has 2 heterocycles. The Morgan fingerprint density at radius 1 is 0.824 bits per heavy atom. The number of nitrogens with one attached hydrogen (secondary N) is 1. The number of fused-ring (bicyclic) bond motifs is 3. The molecule has 1 aliphatic rings. The fraction of sp³-hybridized carbons (Fsp3) is 0.185. The Morgan fingerprint density at radius 3 is 2.06 bits per heavy atom. The van der Waals surface area contributed by atoms with Gasteiger partial charge < -0.3 is 14.8 Å². The number of amides is 1. The third-order valence-corrected chi connectivity index (χ3v) is 8.23. The molecule has 4 aromatic rings. The summed E-state index contributed by atoms with van der Waals surface area (Å²) in [6.45, 7) is 0.704. The Labute approximate surface area is 206 Å². The lowest BCUT2D eigenvalue weighted by Crippen LogP contribution is -2.25. The van der Waals surface area contributed by atoms with Gasteiger partial charge in [0.05, 0.1) is 20.1 Å². The number of esters is 1. The molecule has 1 aliphatic carbocycles. The average molecular weight is 490 g/mol. The maximum atomic E-state index is 12.4. The molecule has 7 heteroatoms. The van der Waals surface area contributed by atoms with Crippen molar-refractivity contribution in [3.05, 3.63) is 93.7 Å². The average Bonchev–Trinajstić information content (AvgIpc) is 3.59. The minimum absolute atomic E-state index is 0.0458. The lowest BCUT2D eigenvalue weighted by molar-refractivity contribution is -0.139. The maximum absolute atomic E-state index is 12.4. The molecule has 172 valence electrons. The van der Waals surface area contributed by atoms with Crippen LogP contribution >= 0.6 is 22.7 Å². The Kier molecular flexibility index (Phi) is 6.47. The molecular formula is C27H23NO4S2. The van der Waals surface area contributed by atoms with Crippen molar-refractivity contribution in [3.8, 4) is 20.9 Å². The van der Waals surface area contributed by atoms with Crippen LogP contribution in [0.3, 0.4) is 0 Å². The van der Waals surface area contributed by atoms with Gasteiger partial charge in [0.25, 0.3) is 0 Å². The zero-order valence-electron chi connectivity index (χ0n) is 18.6. The number of alkyl carbamates (subject to hydrolysis) is 1. The summed E-state index contributed by atoms with van der Waals surface area (Å²) in [5.41, 5.74) is 4.81. The van der Waals surface area contributed by atoms with Gasteiger partial charge in [-0.25, -0.2) is 4.79 Å². The van der Waals surface area contributed by atoms with E-state index in [1.165, 1.54) is 29.4 Å². The molecule has 0 spiro atoms. The van der Waals surface area contributed by atoms with Crippen molar-refractivity contribution < 1.29 is 19.1 Å². The lowest BCUT2D eigenvalue weighted by atomic mass is 9.98. The van der Waals surface area contributed by atoms with Crippen LogP contribution in [0, 0.1) is 0 Å². The van der Waals surface area contributed by atoms with E-state index in [0.717, 1.165) is 19.5 Å². The van der Waals surface area contributed by atoms with Crippen LogP contribution in [0.25, 0.3) is 20.9 Å². The number of thiophene rings is 2. The summed E-state index contributed by atoms with van der Waals surface area (Å²) in [7, 11) is 1.39. The number of hydrogen-bond donors (Lipinski definition) is 1. The topological polar surface area (TPSA) is 64.6 Å². The van der Waals surface area contributed by atoms with Gasteiger partial charge in [0.1, 0.15) is 6.61 Å². The Hall–Kier alpha value is -3.42. The van der Waals surface area contributed by atoms with Crippen LogP contribution < -0.4 is 5.32 Å². The molecule has 0 saturated heterocycles. The normalized spacial score (nSPS) is 12.1. The summed E-state index contributed by atoms with van der Waals surface area (Å²) in [4.78, 5) is 28.1. The van der Waals surface area contributed by atoms with E-state index in [-0.39, 0.29) is 18.3 Å². The summed E-state index contributed by atoms with van der Waals surface area (Å²) >= 11 is 3.19. The smallest absolute Gasteiger partial charge is 0.407 e. The third kappa shape index (κ3) is 4.62. The molecule has 1 amide bonds. The molecule has 5 nitrogen and oxygen atoms in total. The summed E-state index contributed by atoms with van der Waals surface area (Å²) in [6.07, 6.45) is -0.142. The zero-order valence-corrected chi connectivity index (χ0v) is 20.2. The molecule has 0 bridgehead atoms. The SMILES string of the molecule is COC(=O)Cc1ccc(-c2ccc(CNC(=O)OCC3c4ccccc4-c4ccccc43)s2)s1. The first-order chi connectivity index (χ1) is 16.6. The second-order valence-electron chi connectivity index (χ2n) is 7.96. The number of carbonyl (C=O) groups is 2. The highest BCUT2D eigenvalue weighted by Gasteiger charge is 2.29. The number of carbonyl (C=O) groups excluding carboxylic acids is 2. The van der Waals surface area contributed by atoms with E-state index in [0.29, 0.717) is 13.2 Å². The van der Waals surface area contributed by atoms with Gasteiger partial charge >= 0.3 is 12.1 Å². The van der Waals surface area contributed by atoms with Crippen molar-refractivity contribution in [3.63, 3.8) is 0 Å². The van der Waals surface area contributed by atoms with Gasteiger partial charge in [0, 0.05) is 25.4 Å². The van der Waals surface area contributed by atoms with E-state index in [9.17, 15) is 9.59 Å². The highest BCUT2D eigenvalue weighted by Crippen LogP contribution is 2.44. The van der Waals surface area contributed by atoms with Crippen molar-refractivity contribution >= 4 is 34.7 Å². The molecule has 2 aromatic carbocycles. The molecule has 0 aliphatic heterocycles. The van der Waals surface area contributed by atoms with Gasteiger partial charge in [-0.15, -0.1) is 22.7 Å². The number of rotatable bonds is 7. The van der Waals surface area contributed by atoms with Gasteiger partial charge in [-0.1, -0.05) is 48.5 Å². The fourth-order valence-electron chi connectivity index (χ4n) is 4.23. The van der Waals surface area contributed by atoms with E-state index >= 15 is 0 Å². The summed E-state index contributed by atoms with van der Waals surface area (Å²) in [5, 5.41) is 2.87. The van der Waals surface area contributed by atoms with Gasteiger partial charge in [-0.3, -0.25) is 4.79 Å². The van der Waals surface area contributed by atoms with E-state index in [1.807, 2.05) is 48.5 Å². The lowest BCUT2D eigenvalue weighted by Gasteiger charge is -2.14. The second kappa shape index (κ2) is 9.83. The second-order valence-corrected chi connectivity index (χ2v) is 10.3. The summed E-state index contributed by atoms with van der Waals surface area (Å²) in [5.74, 6) is -0.197. The van der Waals surface area contributed by atoms with Crippen LogP contribution in [0.4, 0.5) is 4.79 Å². The number of methoxy groups -OCH3 is 1. The van der Waals surface area contributed by atoms with Crippen molar-refractivity contribution in [1.29, 1.82) is 0 Å². The fourth-order valence-corrected chi connectivity index (χ4v) is 6.26. The standard InChI is InChI=1S/C27H23NO4S2/c1-31-26(29)14-17-10-12-24(33-17)25-13-11-18(34-25)15-28-27(30)32-16-23-21-8-4-2-6-19(21)20-7-3-5-9-22(20)23/h2-13,23H,14-16H2,1H3,(H,28,30). The minimum Gasteiger partial charge on any atom is -0.469 e. The van der Waals surface area contributed by atoms with Crippen LogP contribution in [0.1, 0.15) is 26.8 Å². The maximum Gasteiger partial charge on any atom is 0.407 e. The zero-order chi connectivity index (χ0) is 23.5. The van der Waals surface area contributed by atoms with Crippen molar-refractivity contribution in [2.24, 2.45) is 0 Å². The molecule has 0 radical (unpaired) electrons. The molecule has 34 heavy (non-hydrogen) atoms. The minimum atomic E-state index is -0.423. The van der Waals surface area contributed by atoms with Crippen LogP contribution in [0.5, 0.6) is 0 Å². The van der Waals surface area contributed by atoms with Crippen LogP contribution in [0.2, 0.25) is 0 Å². The van der Waals surface area contributed by atoms with Crippen LogP contribution in [-0.4, -0.2) is 25.8 Å². The molecule has 0 fully saturated rings. The molecule has 5 rings (SSSR count). The molecule has 1 N–H and O–H groups in total. The van der Waals surface area contributed by atoms with E-state index in [2.05, 4.69) is 29.6 Å². The van der Waals surface area contributed by atoms with Crippen LogP contribution in [-0.2, 0) is 27.2 Å². The molecule has 2 aromatic heterocycles. The highest BCUT2D eigenvalue weighted by molar-refractivity contribution is 7.22. The number of benzene rings is 2. The van der Waals surface area contributed by atoms with Crippen molar-refractivity contribution in [2.75, 3.05) is 13.7 Å². The Morgan fingerprint density at radius 2 is 1.41 bits per heavy atom. The largest absolute Gasteiger partial charge is 0.469 e. The molecule has 0 atom stereocenters. The number of ether oxygens (including phenoxy) is 2. The Balaban J connectivity index is 1.17. The van der Waals surface area contributed by atoms with Gasteiger partial charge in [0.2, 0.25) is 0 Å². The summed E-state index contributed by atoms with van der Waals surface area (Å²) < 4.78 is 10.3. The van der Waals surface area contributed by atoms with Crippen molar-refractivity contribution in [2.45, 2.75) is 18.9 Å². The van der Waals surface area contributed by atoms with E-state index in [1.54, 1.807) is 22.7 Å². The monoisotopic (exact) mass is 489 g/mol. The van der Waals surface area contributed by atoms with Crippen LogP contribution in [0.15, 0.2) is 72.8 Å². The number of hydrogen-bond acceptors (Lipinski definition) is 6. The molecular weight excluding hydrogens is 466 g/mol. The predicted octanol–water partition coefficient (Wildman–Crippen LogP) is 6.23. The van der Waals surface area contributed by atoms with E-state index in [4.69, 9.17) is 9.47 Å². The van der Waals surface area contributed by atoms with E-state index < -0.39 is 6.09 Å². The van der Waals surface area contributed by atoms with Gasteiger partial charge in [-0.05, 0) is 46.5 Å². The highest BCUT2D eigenvalue weighted by atomic mass is 32.1. The predicted molar refractivity (Wildman–Crippen MR) is 135 cm³/mol. The van der Waals surface area contributed by atoms with Gasteiger partial charge in [-0.2, -0.15) is 0 Å². The van der Waals surface area contributed by atoms with Crippen molar-refractivity contribution in [1.82, 2.24) is 5.32 Å². The summed E-state index contributed by atoms with van der Waals surface area (Å²) in [6, 6.07) is 24.6. The molecule has 0 unspecified atom stereocenters. The first-order valence-electron chi connectivity index (χ1n) is 11.0. The molecule has 0 saturated carbocycles. The first kappa shape index (κ1) is 22.4. The van der Waals surface area contributed by atoms with Gasteiger partial charge in [0.15, 0.2) is 0 Å². The quantitative estimate of drug-likeness (QED) is 0.313. The third-order valence-electron chi connectivity index (χ3n) is 5.86. The Bertz CT molecular complexity index is 1290. The first-order valence-corrected chi connectivity index (χ1v) is 12.6.